The molecule has 9 nitrogen and oxygen atoms in total. The maximum absolute atomic E-state index is 14.7. The first-order valence-corrected chi connectivity index (χ1v) is 11.9. The average molecular weight is 500 g/mol. The van der Waals surface area contributed by atoms with Crippen molar-refractivity contribution >= 4 is 39.8 Å². The number of nitrogens with two attached hydrogens (primary N) is 3. The Labute approximate surface area is 212 Å². The fourth-order valence-electron chi connectivity index (χ4n) is 4.71. The quantitative estimate of drug-likeness (QED) is 0.329. The number of carbonyl (C=O) groups is 2. The first-order chi connectivity index (χ1) is 17.8. The Hall–Kier alpha value is -4.57. The highest BCUT2D eigenvalue weighted by Gasteiger charge is 2.22. The predicted molar refractivity (Wildman–Crippen MR) is 142 cm³/mol. The number of fused-ring (bicyclic) bond motifs is 1. The summed E-state index contributed by atoms with van der Waals surface area (Å²) < 4.78 is 14.7. The number of piperidine rings is 1. The molecule has 0 bridgehead atoms. The van der Waals surface area contributed by atoms with Crippen LogP contribution in [-0.4, -0.2) is 40.9 Å². The number of benzene rings is 2. The van der Waals surface area contributed by atoms with Crippen LogP contribution < -0.4 is 27.4 Å². The third kappa shape index (κ3) is 4.78. The van der Waals surface area contributed by atoms with Gasteiger partial charge in [-0.2, -0.15) is 0 Å². The van der Waals surface area contributed by atoms with Crippen molar-refractivity contribution in [2.45, 2.75) is 18.9 Å². The lowest BCUT2D eigenvalue weighted by Crippen LogP contribution is -2.43. The standard InChI is InChI=1S/C27H26FN7O2/c28-19-5-1-4-18(26(31)36)24(19)16-7-6-15-11-20(30)25(33-21(15)12-16)27(37)34-22-13-32-9-8-23(22)35-10-2-3-17(29)14-35/h1,4-9,11-13,17H,2-3,10,14,29-30H2,(H2,31,36)(H,34,37). The molecular weight excluding hydrogens is 473 g/mol. The molecule has 1 atom stereocenters. The summed E-state index contributed by atoms with van der Waals surface area (Å²) in [7, 11) is 0. The molecule has 0 radical (unpaired) electrons. The van der Waals surface area contributed by atoms with Gasteiger partial charge in [0, 0.05) is 41.8 Å². The molecule has 188 valence electrons. The maximum atomic E-state index is 14.7. The van der Waals surface area contributed by atoms with Gasteiger partial charge in [-0.15, -0.1) is 0 Å². The largest absolute Gasteiger partial charge is 0.397 e. The van der Waals surface area contributed by atoms with E-state index in [-0.39, 0.29) is 28.6 Å². The molecule has 4 aromatic rings. The smallest absolute Gasteiger partial charge is 0.276 e. The van der Waals surface area contributed by atoms with Crippen molar-refractivity contribution in [2.24, 2.45) is 11.5 Å². The van der Waals surface area contributed by atoms with Crippen LogP contribution in [0.2, 0.25) is 0 Å². The molecule has 1 fully saturated rings. The van der Waals surface area contributed by atoms with E-state index in [1.54, 1.807) is 36.7 Å². The van der Waals surface area contributed by atoms with Gasteiger partial charge in [-0.25, -0.2) is 9.37 Å². The molecule has 5 rings (SSSR count). The van der Waals surface area contributed by atoms with Gasteiger partial charge < -0.3 is 27.4 Å². The lowest BCUT2D eigenvalue weighted by atomic mass is 9.97. The number of primary amides is 1. The highest BCUT2D eigenvalue weighted by atomic mass is 19.1. The molecule has 37 heavy (non-hydrogen) atoms. The van der Waals surface area contributed by atoms with Crippen LogP contribution in [-0.2, 0) is 0 Å². The Morgan fingerprint density at radius 2 is 1.97 bits per heavy atom. The van der Waals surface area contributed by atoms with Crippen molar-refractivity contribution < 1.29 is 14.0 Å². The Bertz CT molecular complexity index is 1520. The van der Waals surface area contributed by atoms with Crippen molar-refractivity contribution in [1.29, 1.82) is 0 Å². The lowest BCUT2D eigenvalue weighted by Gasteiger charge is -2.33. The Morgan fingerprint density at radius 1 is 1.14 bits per heavy atom. The van der Waals surface area contributed by atoms with Crippen molar-refractivity contribution in [1.82, 2.24) is 9.97 Å². The van der Waals surface area contributed by atoms with Crippen LogP contribution >= 0.6 is 0 Å². The second-order valence-corrected chi connectivity index (χ2v) is 9.06. The molecular formula is C27H26FN7O2. The summed E-state index contributed by atoms with van der Waals surface area (Å²) in [5, 5.41) is 3.53. The topological polar surface area (TPSA) is 153 Å². The molecule has 3 heterocycles. The molecule has 2 amide bonds. The zero-order valence-electron chi connectivity index (χ0n) is 19.9. The summed E-state index contributed by atoms with van der Waals surface area (Å²) in [5.41, 5.74) is 20.3. The average Bonchev–Trinajstić information content (AvgIpc) is 2.88. The third-order valence-electron chi connectivity index (χ3n) is 6.47. The van der Waals surface area contributed by atoms with Gasteiger partial charge in [0.15, 0.2) is 5.69 Å². The van der Waals surface area contributed by atoms with E-state index >= 15 is 0 Å². The van der Waals surface area contributed by atoms with Crippen LogP contribution in [0.15, 0.2) is 60.9 Å². The summed E-state index contributed by atoms with van der Waals surface area (Å²) in [6, 6.07) is 12.6. The van der Waals surface area contributed by atoms with E-state index in [2.05, 4.69) is 20.2 Å². The molecule has 0 spiro atoms. The van der Waals surface area contributed by atoms with E-state index < -0.39 is 17.6 Å². The van der Waals surface area contributed by atoms with Crippen LogP contribution in [0.5, 0.6) is 0 Å². The Kier molecular flexibility index (Phi) is 6.41. The fraction of sp³-hybridized carbons (Fsp3) is 0.185. The highest BCUT2D eigenvalue weighted by Crippen LogP contribution is 2.31. The number of nitrogen functional groups attached to an aromatic ring is 1. The monoisotopic (exact) mass is 499 g/mol. The highest BCUT2D eigenvalue weighted by molar-refractivity contribution is 6.09. The van der Waals surface area contributed by atoms with Crippen molar-refractivity contribution in [2.75, 3.05) is 29.0 Å². The number of rotatable bonds is 5. The summed E-state index contributed by atoms with van der Waals surface area (Å²) in [6.45, 7) is 1.50. The zero-order valence-corrected chi connectivity index (χ0v) is 19.9. The van der Waals surface area contributed by atoms with Crippen LogP contribution in [0.1, 0.15) is 33.7 Å². The van der Waals surface area contributed by atoms with Crippen molar-refractivity contribution in [3.05, 3.63) is 78.0 Å². The van der Waals surface area contributed by atoms with Gasteiger partial charge in [0.05, 0.1) is 28.8 Å². The zero-order chi connectivity index (χ0) is 26.1. The molecule has 2 aromatic heterocycles. The second-order valence-electron chi connectivity index (χ2n) is 9.06. The van der Waals surface area contributed by atoms with Crippen molar-refractivity contribution in [3.63, 3.8) is 0 Å². The number of anilines is 3. The van der Waals surface area contributed by atoms with E-state index in [1.807, 2.05) is 6.07 Å². The van der Waals surface area contributed by atoms with Gasteiger partial charge in [0.25, 0.3) is 5.91 Å². The minimum Gasteiger partial charge on any atom is -0.397 e. The van der Waals surface area contributed by atoms with Crippen LogP contribution in [0.4, 0.5) is 21.5 Å². The minimum absolute atomic E-state index is 0.0125. The number of nitrogens with one attached hydrogen (secondary N) is 1. The van der Waals surface area contributed by atoms with E-state index in [4.69, 9.17) is 17.2 Å². The molecule has 1 aliphatic heterocycles. The number of hydrogen-bond donors (Lipinski definition) is 4. The maximum Gasteiger partial charge on any atom is 0.276 e. The third-order valence-corrected chi connectivity index (χ3v) is 6.47. The number of carbonyl (C=O) groups excluding carboxylic acids is 2. The van der Waals surface area contributed by atoms with E-state index in [0.717, 1.165) is 25.1 Å². The van der Waals surface area contributed by atoms with Crippen LogP contribution in [0.3, 0.4) is 0 Å². The van der Waals surface area contributed by atoms with Gasteiger partial charge in [0.2, 0.25) is 5.91 Å². The lowest BCUT2D eigenvalue weighted by molar-refractivity contribution is 0.0997. The SMILES string of the molecule is NC(=O)c1cccc(F)c1-c1ccc2cc(N)c(C(=O)Nc3cnccc3N3CCCC(N)C3)nc2c1. The first-order valence-electron chi connectivity index (χ1n) is 11.9. The summed E-state index contributed by atoms with van der Waals surface area (Å²) in [4.78, 5) is 35.9. The van der Waals surface area contributed by atoms with Gasteiger partial charge in [-0.3, -0.25) is 14.6 Å². The summed E-state index contributed by atoms with van der Waals surface area (Å²) in [6.07, 6.45) is 5.15. The minimum atomic E-state index is -0.748. The number of hydrogen-bond acceptors (Lipinski definition) is 7. The number of nitrogens with zero attached hydrogens (tertiary/aromatic N) is 3. The van der Waals surface area contributed by atoms with Gasteiger partial charge in [-0.1, -0.05) is 18.2 Å². The van der Waals surface area contributed by atoms with E-state index in [9.17, 15) is 14.0 Å². The fourth-order valence-corrected chi connectivity index (χ4v) is 4.71. The predicted octanol–water partition coefficient (Wildman–Crippen LogP) is 3.30. The second kappa shape index (κ2) is 9.82. The van der Waals surface area contributed by atoms with Gasteiger partial charge >= 0.3 is 0 Å². The molecule has 0 aliphatic carbocycles. The molecule has 2 aromatic carbocycles. The van der Waals surface area contributed by atoms with Crippen molar-refractivity contribution in [3.8, 4) is 11.1 Å². The molecule has 10 heteroatoms. The first kappa shape index (κ1) is 24.1. The number of amides is 2. The Balaban J connectivity index is 1.50. The number of halogens is 1. The normalized spacial score (nSPS) is 15.5. The van der Waals surface area contributed by atoms with Gasteiger partial charge in [-0.05, 0) is 48.7 Å². The Morgan fingerprint density at radius 3 is 2.76 bits per heavy atom. The summed E-state index contributed by atoms with van der Waals surface area (Å²) in [5.74, 6) is -1.85. The van der Waals surface area contributed by atoms with E-state index in [1.165, 1.54) is 18.2 Å². The number of aromatic nitrogens is 2. The molecule has 1 saturated heterocycles. The summed E-state index contributed by atoms with van der Waals surface area (Å²) >= 11 is 0. The van der Waals surface area contributed by atoms with E-state index in [0.29, 0.717) is 28.7 Å². The molecule has 1 unspecified atom stereocenters. The number of pyridine rings is 2. The van der Waals surface area contributed by atoms with Crippen LogP contribution in [0.25, 0.3) is 22.0 Å². The molecule has 0 saturated carbocycles. The van der Waals surface area contributed by atoms with Crippen LogP contribution in [0, 0.1) is 5.82 Å². The molecule has 7 N–H and O–H groups in total. The molecule has 1 aliphatic rings. The van der Waals surface area contributed by atoms with Gasteiger partial charge in [0.1, 0.15) is 5.82 Å².